The van der Waals surface area contributed by atoms with E-state index in [9.17, 15) is 4.79 Å². The molecule has 0 saturated heterocycles. The van der Waals surface area contributed by atoms with Crippen molar-refractivity contribution in [3.8, 4) is 0 Å². The molecule has 0 atom stereocenters. The van der Waals surface area contributed by atoms with Gasteiger partial charge in [0, 0.05) is 29.9 Å². The van der Waals surface area contributed by atoms with Crippen LogP contribution < -0.4 is 10.2 Å². The van der Waals surface area contributed by atoms with E-state index in [1.54, 1.807) is 6.07 Å². The minimum Gasteiger partial charge on any atom is -0.352 e. The van der Waals surface area contributed by atoms with Crippen molar-refractivity contribution < 1.29 is 4.79 Å². The number of nitrogens with one attached hydrogen (secondary N) is 1. The number of hydrogen-bond donors (Lipinski definition) is 1. The summed E-state index contributed by atoms with van der Waals surface area (Å²) in [4.78, 5) is 22.9. The molecule has 0 radical (unpaired) electrons. The maximum Gasteiger partial charge on any atom is 0.274 e. The molecule has 0 fully saturated rings. The molecule has 6 heteroatoms. The van der Waals surface area contributed by atoms with Crippen molar-refractivity contribution in [1.82, 2.24) is 9.97 Å². The lowest BCUT2D eigenvalue weighted by Crippen LogP contribution is -2.24. The SMILES string of the molecule is CCN(Cc1ccc(Cl)cc1)c1cc(C(=O)Nc2ccccc2)ncn1. The Hall–Kier alpha value is -2.92. The van der Waals surface area contributed by atoms with Crippen molar-refractivity contribution in [2.24, 2.45) is 0 Å². The third kappa shape index (κ3) is 4.58. The Morgan fingerprint density at radius 3 is 2.50 bits per heavy atom. The van der Waals surface area contributed by atoms with E-state index in [0.717, 1.165) is 17.8 Å². The Bertz CT molecular complexity index is 868. The summed E-state index contributed by atoms with van der Waals surface area (Å²) >= 11 is 5.94. The number of halogens is 1. The second-order valence-corrected chi connectivity index (χ2v) is 6.16. The molecule has 26 heavy (non-hydrogen) atoms. The van der Waals surface area contributed by atoms with E-state index < -0.39 is 0 Å². The summed E-state index contributed by atoms with van der Waals surface area (Å²) < 4.78 is 0. The predicted molar refractivity (Wildman–Crippen MR) is 105 cm³/mol. The summed E-state index contributed by atoms with van der Waals surface area (Å²) in [6, 6.07) is 18.7. The highest BCUT2D eigenvalue weighted by atomic mass is 35.5. The number of para-hydroxylation sites is 1. The zero-order chi connectivity index (χ0) is 18.4. The quantitative estimate of drug-likeness (QED) is 0.702. The number of carbonyl (C=O) groups is 1. The van der Waals surface area contributed by atoms with Gasteiger partial charge in [0.05, 0.1) is 0 Å². The number of hydrogen-bond acceptors (Lipinski definition) is 4. The lowest BCUT2D eigenvalue weighted by molar-refractivity contribution is 0.102. The molecular formula is C20H19ClN4O. The van der Waals surface area contributed by atoms with Crippen molar-refractivity contribution in [3.05, 3.63) is 83.3 Å². The highest BCUT2D eigenvalue weighted by Crippen LogP contribution is 2.17. The van der Waals surface area contributed by atoms with Crippen LogP contribution in [0.3, 0.4) is 0 Å². The van der Waals surface area contributed by atoms with E-state index in [0.29, 0.717) is 23.1 Å². The molecule has 0 aliphatic rings. The number of benzene rings is 2. The normalized spacial score (nSPS) is 10.4. The molecule has 2 aromatic carbocycles. The first kappa shape index (κ1) is 17.9. The van der Waals surface area contributed by atoms with E-state index >= 15 is 0 Å². The standard InChI is InChI=1S/C20H19ClN4O/c1-2-25(13-15-8-10-16(21)11-9-15)19-12-18(22-14-23-19)20(26)24-17-6-4-3-5-7-17/h3-12,14H,2,13H2,1H3,(H,24,26). The Balaban J connectivity index is 1.76. The van der Waals surface area contributed by atoms with E-state index in [2.05, 4.69) is 20.2 Å². The number of aromatic nitrogens is 2. The van der Waals surface area contributed by atoms with Crippen molar-refractivity contribution in [2.45, 2.75) is 13.5 Å². The van der Waals surface area contributed by atoms with Gasteiger partial charge in [0.15, 0.2) is 0 Å². The van der Waals surface area contributed by atoms with Crippen LogP contribution in [0.5, 0.6) is 0 Å². The Morgan fingerprint density at radius 1 is 1.08 bits per heavy atom. The molecule has 0 spiro atoms. The van der Waals surface area contributed by atoms with Crippen molar-refractivity contribution >= 4 is 29.0 Å². The van der Waals surface area contributed by atoms with Gasteiger partial charge in [-0.1, -0.05) is 41.9 Å². The molecular weight excluding hydrogens is 348 g/mol. The van der Waals surface area contributed by atoms with Gasteiger partial charge in [0.1, 0.15) is 17.8 Å². The first-order valence-electron chi connectivity index (χ1n) is 8.33. The summed E-state index contributed by atoms with van der Waals surface area (Å²) in [6.45, 7) is 3.46. The maximum atomic E-state index is 12.4. The van der Waals surface area contributed by atoms with Gasteiger partial charge in [0.25, 0.3) is 5.91 Å². The number of rotatable bonds is 6. The van der Waals surface area contributed by atoms with Gasteiger partial charge in [-0.3, -0.25) is 4.79 Å². The first-order valence-corrected chi connectivity index (χ1v) is 8.71. The van der Waals surface area contributed by atoms with Crippen molar-refractivity contribution in [2.75, 3.05) is 16.8 Å². The zero-order valence-electron chi connectivity index (χ0n) is 14.4. The molecule has 0 saturated carbocycles. The fourth-order valence-corrected chi connectivity index (χ4v) is 2.65. The highest BCUT2D eigenvalue weighted by Gasteiger charge is 2.13. The fraction of sp³-hybridized carbons (Fsp3) is 0.150. The molecule has 5 nitrogen and oxygen atoms in total. The van der Waals surface area contributed by atoms with Crippen LogP contribution in [0.2, 0.25) is 5.02 Å². The van der Waals surface area contributed by atoms with Crippen LogP contribution >= 0.6 is 11.6 Å². The molecule has 1 aromatic heterocycles. The van der Waals surface area contributed by atoms with Crippen LogP contribution in [0.4, 0.5) is 11.5 Å². The van der Waals surface area contributed by atoms with Gasteiger partial charge in [-0.25, -0.2) is 9.97 Å². The van der Waals surface area contributed by atoms with Gasteiger partial charge in [-0.2, -0.15) is 0 Å². The minimum atomic E-state index is -0.262. The van der Waals surface area contributed by atoms with Crippen LogP contribution in [0.15, 0.2) is 67.0 Å². The average molecular weight is 367 g/mol. The Morgan fingerprint density at radius 2 is 1.81 bits per heavy atom. The number of carbonyl (C=O) groups excluding carboxylic acids is 1. The molecule has 0 bridgehead atoms. The minimum absolute atomic E-state index is 0.262. The first-order chi connectivity index (χ1) is 12.7. The van der Waals surface area contributed by atoms with Crippen LogP contribution in [0.1, 0.15) is 23.0 Å². The third-order valence-corrected chi connectivity index (χ3v) is 4.16. The molecule has 3 rings (SSSR count). The van der Waals surface area contributed by atoms with Crippen molar-refractivity contribution in [1.29, 1.82) is 0 Å². The van der Waals surface area contributed by atoms with E-state index in [1.165, 1.54) is 6.33 Å². The van der Waals surface area contributed by atoms with E-state index in [4.69, 9.17) is 11.6 Å². The van der Waals surface area contributed by atoms with E-state index in [-0.39, 0.29) is 5.91 Å². The zero-order valence-corrected chi connectivity index (χ0v) is 15.1. The Kier molecular flexibility index (Phi) is 5.81. The Labute approximate surface area is 157 Å². The van der Waals surface area contributed by atoms with E-state index in [1.807, 2.05) is 61.5 Å². The summed E-state index contributed by atoms with van der Waals surface area (Å²) in [5, 5.41) is 3.54. The smallest absolute Gasteiger partial charge is 0.274 e. The molecule has 3 aromatic rings. The van der Waals surface area contributed by atoms with Gasteiger partial charge in [-0.15, -0.1) is 0 Å². The van der Waals surface area contributed by atoms with Crippen LogP contribution in [0.25, 0.3) is 0 Å². The summed E-state index contributed by atoms with van der Waals surface area (Å²) in [6.07, 6.45) is 1.42. The average Bonchev–Trinajstić information content (AvgIpc) is 2.68. The molecule has 1 amide bonds. The molecule has 1 heterocycles. The topological polar surface area (TPSA) is 58.1 Å². The molecule has 132 valence electrons. The molecule has 0 unspecified atom stereocenters. The largest absolute Gasteiger partial charge is 0.352 e. The monoisotopic (exact) mass is 366 g/mol. The molecule has 1 N–H and O–H groups in total. The van der Waals surface area contributed by atoms with Gasteiger partial charge >= 0.3 is 0 Å². The number of anilines is 2. The molecule has 0 aliphatic carbocycles. The number of amides is 1. The van der Waals surface area contributed by atoms with Crippen LogP contribution in [0, 0.1) is 0 Å². The van der Waals surface area contributed by atoms with Gasteiger partial charge in [-0.05, 0) is 36.8 Å². The summed E-state index contributed by atoms with van der Waals surface area (Å²) in [5.41, 5.74) is 2.17. The van der Waals surface area contributed by atoms with Gasteiger partial charge < -0.3 is 10.2 Å². The predicted octanol–water partition coefficient (Wildman–Crippen LogP) is 4.41. The third-order valence-electron chi connectivity index (χ3n) is 3.91. The highest BCUT2D eigenvalue weighted by molar-refractivity contribution is 6.30. The second kappa shape index (κ2) is 8.45. The van der Waals surface area contributed by atoms with Gasteiger partial charge in [0.2, 0.25) is 0 Å². The van der Waals surface area contributed by atoms with Crippen LogP contribution in [-0.4, -0.2) is 22.4 Å². The summed E-state index contributed by atoms with van der Waals surface area (Å²) in [5.74, 6) is 0.443. The lowest BCUT2D eigenvalue weighted by atomic mass is 10.2. The van der Waals surface area contributed by atoms with Crippen molar-refractivity contribution in [3.63, 3.8) is 0 Å². The lowest BCUT2D eigenvalue weighted by Gasteiger charge is -2.22. The second-order valence-electron chi connectivity index (χ2n) is 5.72. The van der Waals surface area contributed by atoms with Crippen LogP contribution in [-0.2, 0) is 6.54 Å². The maximum absolute atomic E-state index is 12.4. The molecule has 0 aliphatic heterocycles. The number of nitrogens with zero attached hydrogens (tertiary/aromatic N) is 3. The fourth-order valence-electron chi connectivity index (χ4n) is 2.53. The summed E-state index contributed by atoms with van der Waals surface area (Å²) in [7, 11) is 0.